The van der Waals surface area contributed by atoms with Gasteiger partial charge in [-0.15, -0.1) is 0 Å². The maximum absolute atomic E-state index is 11.5. The van der Waals surface area contributed by atoms with Gasteiger partial charge in [0.15, 0.2) is 5.78 Å². The molecule has 0 spiro atoms. The van der Waals surface area contributed by atoms with Gasteiger partial charge in [0.1, 0.15) is 5.75 Å². The molecule has 0 aliphatic heterocycles. The number of carbonyl (C=O) groups is 2. The van der Waals surface area contributed by atoms with Crippen molar-refractivity contribution in [3.8, 4) is 16.9 Å². The lowest BCUT2D eigenvalue weighted by Gasteiger charge is -2.09. The van der Waals surface area contributed by atoms with E-state index in [1.54, 1.807) is 18.2 Å². The molecule has 0 radical (unpaired) electrons. The molecule has 0 aliphatic rings. The van der Waals surface area contributed by atoms with Crippen molar-refractivity contribution in [2.75, 3.05) is 14.2 Å². The summed E-state index contributed by atoms with van der Waals surface area (Å²) in [5.74, 6) is 0.127. The average Bonchev–Trinajstić information content (AvgIpc) is 2.53. The molecule has 2 aromatic rings. The van der Waals surface area contributed by atoms with E-state index >= 15 is 0 Å². The Morgan fingerprint density at radius 1 is 0.905 bits per heavy atom. The van der Waals surface area contributed by atoms with Crippen molar-refractivity contribution in [3.63, 3.8) is 0 Å². The van der Waals surface area contributed by atoms with Crippen LogP contribution in [0.4, 0.5) is 0 Å². The number of hydrogen-bond acceptors (Lipinski definition) is 4. The van der Waals surface area contributed by atoms with Crippen LogP contribution in [-0.2, 0) is 4.74 Å². The van der Waals surface area contributed by atoms with Crippen LogP contribution in [0, 0.1) is 0 Å². The van der Waals surface area contributed by atoms with E-state index in [2.05, 4.69) is 4.74 Å². The van der Waals surface area contributed by atoms with Crippen molar-refractivity contribution in [2.45, 2.75) is 6.92 Å². The van der Waals surface area contributed by atoms with Gasteiger partial charge in [0.05, 0.1) is 25.3 Å². The van der Waals surface area contributed by atoms with E-state index in [9.17, 15) is 9.59 Å². The van der Waals surface area contributed by atoms with Crippen LogP contribution in [0.2, 0.25) is 0 Å². The normalized spacial score (nSPS) is 10.0. The first-order valence-electron chi connectivity index (χ1n) is 6.44. The minimum atomic E-state index is -0.369. The third-order valence-electron chi connectivity index (χ3n) is 3.22. The van der Waals surface area contributed by atoms with Crippen LogP contribution in [0.3, 0.4) is 0 Å². The van der Waals surface area contributed by atoms with Gasteiger partial charge in [0, 0.05) is 0 Å². The number of ketones is 1. The summed E-state index contributed by atoms with van der Waals surface area (Å²) < 4.78 is 9.92. The van der Waals surface area contributed by atoms with E-state index in [1.807, 2.05) is 24.3 Å². The molecule has 0 atom stereocenters. The van der Waals surface area contributed by atoms with Crippen LogP contribution < -0.4 is 4.74 Å². The van der Waals surface area contributed by atoms with Crippen molar-refractivity contribution in [3.05, 3.63) is 53.6 Å². The molecule has 21 heavy (non-hydrogen) atoms. The fraction of sp³-hybridized carbons (Fsp3) is 0.176. The number of hydrogen-bond donors (Lipinski definition) is 0. The quantitative estimate of drug-likeness (QED) is 0.638. The van der Waals surface area contributed by atoms with Gasteiger partial charge in [-0.25, -0.2) is 4.79 Å². The van der Waals surface area contributed by atoms with Gasteiger partial charge in [0.2, 0.25) is 0 Å². The Bertz CT molecular complexity index is 672. The zero-order chi connectivity index (χ0) is 15.4. The third kappa shape index (κ3) is 3.11. The Kier molecular flexibility index (Phi) is 4.38. The molecule has 4 nitrogen and oxygen atoms in total. The van der Waals surface area contributed by atoms with Gasteiger partial charge in [-0.1, -0.05) is 18.2 Å². The molecular formula is C17H16O4. The second kappa shape index (κ2) is 6.22. The van der Waals surface area contributed by atoms with Crippen LogP contribution >= 0.6 is 0 Å². The Balaban J connectivity index is 2.38. The van der Waals surface area contributed by atoms with Gasteiger partial charge >= 0.3 is 5.97 Å². The third-order valence-corrected chi connectivity index (χ3v) is 3.22. The van der Waals surface area contributed by atoms with Crippen LogP contribution in [0.25, 0.3) is 11.1 Å². The summed E-state index contributed by atoms with van der Waals surface area (Å²) in [5.41, 5.74) is 2.88. The minimum absolute atomic E-state index is 0.0422. The Morgan fingerprint density at radius 3 is 2.05 bits per heavy atom. The Labute approximate surface area is 123 Å². The van der Waals surface area contributed by atoms with Crippen molar-refractivity contribution < 1.29 is 19.1 Å². The average molecular weight is 284 g/mol. The van der Waals surface area contributed by atoms with E-state index in [1.165, 1.54) is 21.1 Å². The zero-order valence-electron chi connectivity index (χ0n) is 12.2. The summed E-state index contributed by atoms with van der Waals surface area (Å²) in [6.45, 7) is 1.50. The molecule has 0 aliphatic carbocycles. The molecule has 2 aromatic carbocycles. The smallest absolute Gasteiger partial charge is 0.337 e. The topological polar surface area (TPSA) is 52.6 Å². The molecule has 0 amide bonds. The molecule has 0 aromatic heterocycles. The van der Waals surface area contributed by atoms with Gasteiger partial charge in [-0.2, -0.15) is 0 Å². The van der Waals surface area contributed by atoms with Crippen molar-refractivity contribution in [1.29, 1.82) is 0 Å². The molecule has 0 fully saturated rings. The van der Waals surface area contributed by atoms with Gasteiger partial charge in [0.25, 0.3) is 0 Å². The molecule has 4 heteroatoms. The number of rotatable bonds is 4. The molecular weight excluding hydrogens is 268 g/mol. The van der Waals surface area contributed by atoms with Crippen molar-refractivity contribution in [2.24, 2.45) is 0 Å². The number of ether oxygens (including phenoxy) is 2. The molecule has 2 rings (SSSR count). The highest BCUT2D eigenvalue weighted by atomic mass is 16.5. The summed E-state index contributed by atoms with van der Waals surface area (Å²) in [4.78, 5) is 22.9. The second-order valence-corrected chi connectivity index (χ2v) is 4.54. The van der Waals surface area contributed by atoms with Gasteiger partial charge in [-0.05, 0) is 42.3 Å². The summed E-state index contributed by atoms with van der Waals surface area (Å²) >= 11 is 0. The number of methoxy groups -OCH3 is 2. The lowest BCUT2D eigenvalue weighted by atomic mass is 10.0. The number of carbonyl (C=O) groups excluding carboxylic acids is 2. The molecule has 0 N–H and O–H groups in total. The summed E-state index contributed by atoms with van der Waals surface area (Å²) in [6, 6.07) is 12.5. The monoisotopic (exact) mass is 284 g/mol. The molecule has 0 bridgehead atoms. The minimum Gasteiger partial charge on any atom is -0.496 e. The SMILES string of the molecule is COC(=O)c1ccc(-c2ccc(C(C)=O)c(OC)c2)cc1. The highest BCUT2D eigenvalue weighted by Crippen LogP contribution is 2.27. The molecule has 0 unspecified atom stereocenters. The maximum atomic E-state index is 11.5. The van der Waals surface area contributed by atoms with E-state index in [4.69, 9.17) is 4.74 Å². The first-order chi connectivity index (χ1) is 10.1. The number of benzene rings is 2. The lowest BCUT2D eigenvalue weighted by Crippen LogP contribution is -2.00. The van der Waals surface area contributed by atoms with E-state index in [0.29, 0.717) is 16.9 Å². The summed E-state index contributed by atoms with van der Waals surface area (Å²) in [5, 5.41) is 0. The van der Waals surface area contributed by atoms with Crippen LogP contribution in [0.15, 0.2) is 42.5 Å². The van der Waals surface area contributed by atoms with E-state index in [-0.39, 0.29) is 11.8 Å². The first-order valence-corrected chi connectivity index (χ1v) is 6.44. The molecule has 0 saturated carbocycles. The Morgan fingerprint density at radius 2 is 1.52 bits per heavy atom. The number of Topliss-reactive ketones (excluding diaryl/α,β-unsaturated/α-hetero) is 1. The zero-order valence-corrected chi connectivity index (χ0v) is 12.2. The van der Waals surface area contributed by atoms with Gasteiger partial charge in [-0.3, -0.25) is 4.79 Å². The summed E-state index contributed by atoms with van der Waals surface area (Å²) in [6.07, 6.45) is 0. The standard InChI is InChI=1S/C17H16O4/c1-11(18)15-9-8-14(10-16(15)20-2)12-4-6-13(7-5-12)17(19)21-3/h4-10H,1-3H3. The molecule has 0 saturated heterocycles. The molecule has 108 valence electrons. The van der Waals surface area contributed by atoms with Crippen molar-refractivity contribution in [1.82, 2.24) is 0 Å². The lowest BCUT2D eigenvalue weighted by molar-refractivity contribution is 0.0600. The second-order valence-electron chi connectivity index (χ2n) is 4.54. The fourth-order valence-electron chi connectivity index (χ4n) is 2.08. The van der Waals surface area contributed by atoms with Gasteiger partial charge < -0.3 is 9.47 Å². The predicted octanol–water partition coefficient (Wildman–Crippen LogP) is 3.35. The maximum Gasteiger partial charge on any atom is 0.337 e. The largest absolute Gasteiger partial charge is 0.496 e. The van der Waals surface area contributed by atoms with Crippen LogP contribution in [0.5, 0.6) is 5.75 Å². The van der Waals surface area contributed by atoms with E-state index < -0.39 is 0 Å². The highest BCUT2D eigenvalue weighted by molar-refractivity contribution is 5.97. The van der Waals surface area contributed by atoms with Crippen LogP contribution in [-0.4, -0.2) is 26.0 Å². The predicted molar refractivity (Wildman–Crippen MR) is 79.8 cm³/mol. The van der Waals surface area contributed by atoms with E-state index in [0.717, 1.165) is 11.1 Å². The first kappa shape index (κ1) is 14.8. The fourth-order valence-corrected chi connectivity index (χ4v) is 2.08. The Hall–Kier alpha value is -2.62. The molecule has 0 heterocycles. The van der Waals surface area contributed by atoms with Crippen molar-refractivity contribution >= 4 is 11.8 Å². The number of esters is 1. The highest BCUT2D eigenvalue weighted by Gasteiger charge is 2.10. The summed E-state index contributed by atoms with van der Waals surface area (Å²) in [7, 11) is 2.88. The van der Waals surface area contributed by atoms with Crippen LogP contribution in [0.1, 0.15) is 27.6 Å².